The van der Waals surface area contributed by atoms with E-state index >= 15 is 0 Å². The topological polar surface area (TPSA) is 78.7 Å². The van der Waals surface area contributed by atoms with Gasteiger partial charge in [-0.1, -0.05) is 18.2 Å². The van der Waals surface area contributed by atoms with Crippen molar-refractivity contribution in [1.29, 1.82) is 0 Å². The molecule has 1 fully saturated rings. The van der Waals surface area contributed by atoms with E-state index < -0.39 is 4.92 Å². The van der Waals surface area contributed by atoms with E-state index in [1.165, 1.54) is 42.6 Å². The number of benzene rings is 2. The van der Waals surface area contributed by atoms with Crippen LogP contribution in [-0.4, -0.2) is 41.9 Å². The molecule has 2 aromatic carbocycles. The largest absolute Gasteiger partial charge is 0.371 e. The Labute approximate surface area is 171 Å². The first kappa shape index (κ1) is 20.8. The molecule has 29 heavy (non-hydrogen) atoms. The number of non-ortho nitro benzene ring substituents is 1. The summed E-state index contributed by atoms with van der Waals surface area (Å²) in [5.74, 6) is -0.142. The van der Waals surface area contributed by atoms with E-state index in [9.17, 15) is 14.9 Å². The third kappa shape index (κ3) is 5.32. The smallest absolute Gasteiger partial charge is 0.269 e. The summed E-state index contributed by atoms with van der Waals surface area (Å²) in [5, 5.41) is 13.6. The zero-order valence-corrected chi connectivity index (χ0v) is 17.0. The zero-order valence-electron chi connectivity index (χ0n) is 17.0. The van der Waals surface area contributed by atoms with Crippen molar-refractivity contribution in [3.8, 4) is 0 Å². The molecule has 1 atom stereocenters. The maximum atomic E-state index is 12.7. The molecule has 0 saturated carbocycles. The molecule has 1 aliphatic heterocycles. The van der Waals surface area contributed by atoms with Crippen molar-refractivity contribution in [3.05, 3.63) is 64.2 Å². The first-order valence-corrected chi connectivity index (χ1v) is 10.0. The van der Waals surface area contributed by atoms with Gasteiger partial charge in [0.1, 0.15) is 0 Å². The van der Waals surface area contributed by atoms with Crippen LogP contribution >= 0.6 is 0 Å². The fraction of sp³-hybridized carbons (Fsp3) is 0.409. The summed E-state index contributed by atoms with van der Waals surface area (Å²) in [6.07, 6.45) is 3.73. The van der Waals surface area contributed by atoms with Crippen molar-refractivity contribution < 1.29 is 9.72 Å². The lowest BCUT2D eigenvalue weighted by Gasteiger charge is -2.32. The summed E-state index contributed by atoms with van der Waals surface area (Å²) in [6.45, 7) is 4.69. The summed E-state index contributed by atoms with van der Waals surface area (Å²) in [5.41, 5.74) is 3.02. The molecule has 1 aliphatic rings. The standard InChI is InChI=1S/C22H28N4O3/c1-17(22(27)23-19-10-12-20(13-11-19)26(28)29)24(2)16-18-8-4-5-9-21(18)25-14-6-3-7-15-25/h4-5,8-13,17H,3,6-7,14-16H2,1-2H3,(H,23,27). The lowest BCUT2D eigenvalue weighted by Crippen LogP contribution is -2.39. The highest BCUT2D eigenvalue weighted by atomic mass is 16.6. The van der Waals surface area contributed by atoms with E-state index in [0.717, 1.165) is 13.1 Å². The Morgan fingerprint density at radius 2 is 1.79 bits per heavy atom. The third-order valence-corrected chi connectivity index (χ3v) is 5.49. The van der Waals surface area contributed by atoms with Crippen molar-refractivity contribution in [2.24, 2.45) is 0 Å². The predicted octanol–water partition coefficient (Wildman–Crippen LogP) is 4.04. The second-order valence-electron chi connectivity index (χ2n) is 7.56. The van der Waals surface area contributed by atoms with Crippen LogP contribution in [0.5, 0.6) is 0 Å². The number of anilines is 2. The highest BCUT2D eigenvalue weighted by molar-refractivity contribution is 5.94. The second kappa shape index (κ2) is 9.52. The van der Waals surface area contributed by atoms with Crippen LogP contribution in [0.15, 0.2) is 48.5 Å². The highest BCUT2D eigenvalue weighted by Crippen LogP contribution is 2.25. The molecule has 0 bridgehead atoms. The molecule has 0 aromatic heterocycles. The number of carbonyl (C=O) groups is 1. The Morgan fingerprint density at radius 1 is 1.14 bits per heavy atom. The second-order valence-corrected chi connectivity index (χ2v) is 7.56. The minimum atomic E-state index is -0.457. The van der Waals surface area contributed by atoms with E-state index in [4.69, 9.17) is 0 Å². The zero-order chi connectivity index (χ0) is 20.8. The normalized spacial score (nSPS) is 15.2. The quantitative estimate of drug-likeness (QED) is 0.564. The van der Waals surface area contributed by atoms with Gasteiger partial charge in [0.25, 0.3) is 5.69 Å². The number of nitro benzene ring substituents is 1. The van der Waals surface area contributed by atoms with Gasteiger partial charge in [0.2, 0.25) is 5.91 Å². The van der Waals surface area contributed by atoms with Gasteiger partial charge in [-0.25, -0.2) is 0 Å². The Hall–Kier alpha value is -2.93. The average molecular weight is 396 g/mol. The monoisotopic (exact) mass is 396 g/mol. The van der Waals surface area contributed by atoms with E-state index in [1.54, 1.807) is 12.1 Å². The van der Waals surface area contributed by atoms with Gasteiger partial charge < -0.3 is 10.2 Å². The fourth-order valence-corrected chi connectivity index (χ4v) is 3.61. The predicted molar refractivity (Wildman–Crippen MR) is 115 cm³/mol. The summed E-state index contributed by atoms with van der Waals surface area (Å²) in [4.78, 5) is 27.4. The lowest BCUT2D eigenvalue weighted by atomic mass is 10.1. The fourth-order valence-electron chi connectivity index (χ4n) is 3.61. The molecule has 0 radical (unpaired) electrons. The summed E-state index contributed by atoms with van der Waals surface area (Å²) in [7, 11) is 1.94. The number of nitrogens with one attached hydrogen (secondary N) is 1. The van der Waals surface area contributed by atoms with Gasteiger partial charge in [0.05, 0.1) is 11.0 Å². The highest BCUT2D eigenvalue weighted by Gasteiger charge is 2.21. The van der Waals surface area contributed by atoms with Gasteiger partial charge in [-0.2, -0.15) is 0 Å². The van der Waals surface area contributed by atoms with Crippen LogP contribution in [0.4, 0.5) is 17.1 Å². The van der Waals surface area contributed by atoms with Crippen LogP contribution < -0.4 is 10.2 Å². The van der Waals surface area contributed by atoms with E-state index in [2.05, 4.69) is 28.4 Å². The lowest BCUT2D eigenvalue weighted by molar-refractivity contribution is -0.384. The Bertz CT molecular complexity index is 847. The molecule has 1 unspecified atom stereocenters. The summed E-state index contributed by atoms with van der Waals surface area (Å²) >= 11 is 0. The van der Waals surface area contributed by atoms with Crippen molar-refractivity contribution in [2.45, 2.75) is 38.8 Å². The maximum absolute atomic E-state index is 12.7. The molecular formula is C22H28N4O3. The number of para-hydroxylation sites is 1. The molecule has 1 amide bonds. The molecule has 1 saturated heterocycles. The van der Waals surface area contributed by atoms with E-state index in [1.807, 2.05) is 24.9 Å². The van der Waals surface area contributed by atoms with Crippen molar-refractivity contribution in [2.75, 3.05) is 30.4 Å². The van der Waals surface area contributed by atoms with Crippen molar-refractivity contribution in [3.63, 3.8) is 0 Å². The molecule has 3 rings (SSSR count). The van der Waals surface area contributed by atoms with Gasteiger partial charge in [-0.3, -0.25) is 19.8 Å². The number of piperidine rings is 1. The van der Waals surface area contributed by atoms with Gasteiger partial charge >= 0.3 is 0 Å². The van der Waals surface area contributed by atoms with Crippen LogP contribution in [0.3, 0.4) is 0 Å². The number of nitro groups is 1. The van der Waals surface area contributed by atoms with Gasteiger partial charge in [0, 0.05) is 43.1 Å². The Kier molecular flexibility index (Phi) is 6.82. The van der Waals surface area contributed by atoms with Crippen LogP contribution in [0.25, 0.3) is 0 Å². The third-order valence-electron chi connectivity index (χ3n) is 5.49. The van der Waals surface area contributed by atoms with Crippen LogP contribution in [0.1, 0.15) is 31.7 Å². The van der Waals surface area contributed by atoms with Gasteiger partial charge in [-0.15, -0.1) is 0 Å². The minimum Gasteiger partial charge on any atom is -0.371 e. The van der Waals surface area contributed by atoms with Crippen LogP contribution in [-0.2, 0) is 11.3 Å². The maximum Gasteiger partial charge on any atom is 0.269 e. The number of carbonyl (C=O) groups excluding carboxylic acids is 1. The molecule has 7 nitrogen and oxygen atoms in total. The average Bonchev–Trinajstić information content (AvgIpc) is 2.74. The molecule has 7 heteroatoms. The van der Waals surface area contributed by atoms with E-state index in [0.29, 0.717) is 12.2 Å². The number of rotatable bonds is 7. The van der Waals surface area contributed by atoms with Crippen molar-refractivity contribution >= 4 is 23.0 Å². The molecule has 154 valence electrons. The van der Waals surface area contributed by atoms with E-state index in [-0.39, 0.29) is 17.6 Å². The van der Waals surface area contributed by atoms with Crippen LogP contribution in [0, 0.1) is 10.1 Å². The molecule has 1 heterocycles. The summed E-state index contributed by atoms with van der Waals surface area (Å²) < 4.78 is 0. The molecular weight excluding hydrogens is 368 g/mol. The first-order valence-electron chi connectivity index (χ1n) is 10.0. The number of amides is 1. The molecule has 2 aromatic rings. The van der Waals surface area contributed by atoms with Crippen LogP contribution in [0.2, 0.25) is 0 Å². The molecule has 0 spiro atoms. The van der Waals surface area contributed by atoms with Gasteiger partial charge in [0.15, 0.2) is 0 Å². The Morgan fingerprint density at radius 3 is 2.45 bits per heavy atom. The number of hydrogen-bond acceptors (Lipinski definition) is 5. The first-order chi connectivity index (χ1) is 14.0. The SMILES string of the molecule is CC(C(=O)Nc1ccc([N+](=O)[O-])cc1)N(C)Cc1ccccc1N1CCCCC1. The molecule has 0 aliphatic carbocycles. The minimum absolute atomic E-state index is 0.00230. The Balaban J connectivity index is 1.63. The summed E-state index contributed by atoms with van der Waals surface area (Å²) in [6, 6.07) is 13.9. The van der Waals surface area contributed by atoms with Crippen molar-refractivity contribution in [1.82, 2.24) is 4.90 Å². The number of likely N-dealkylation sites (N-methyl/N-ethyl adjacent to an activating group) is 1. The number of hydrogen-bond donors (Lipinski definition) is 1. The molecule has 1 N–H and O–H groups in total. The van der Waals surface area contributed by atoms with Gasteiger partial charge in [-0.05, 0) is 57.0 Å². The number of nitrogens with zero attached hydrogens (tertiary/aromatic N) is 3.